The van der Waals surface area contributed by atoms with E-state index in [4.69, 9.17) is 9.47 Å². The van der Waals surface area contributed by atoms with Gasteiger partial charge in [0.15, 0.2) is 5.75 Å². The van der Waals surface area contributed by atoms with Gasteiger partial charge in [-0.25, -0.2) is 4.79 Å². The number of hydrogen-bond acceptors (Lipinski definition) is 7. The van der Waals surface area contributed by atoms with Gasteiger partial charge in [0.2, 0.25) is 0 Å². The molecule has 0 saturated carbocycles. The van der Waals surface area contributed by atoms with Gasteiger partial charge < -0.3 is 24.8 Å². The first-order chi connectivity index (χ1) is 16.4. The number of benzene rings is 3. The number of nitrogens with zero attached hydrogens (tertiary/aromatic N) is 4. The predicted octanol–water partition coefficient (Wildman–Crippen LogP) is 4.05. The number of para-hydroxylation sites is 2. The molecule has 1 aromatic heterocycles. The summed E-state index contributed by atoms with van der Waals surface area (Å²) < 4.78 is 14.5. The fourth-order valence-corrected chi connectivity index (χ4v) is 3.32. The third-order valence-corrected chi connectivity index (χ3v) is 5.11. The largest absolute Gasteiger partial charge is 0.733 e. The van der Waals surface area contributed by atoms with Crippen LogP contribution in [0.3, 0.4) is 0 Å². The van der Waals surface area contributed by atoms with E-state index in [0.717, 1.165) is 18.0 Å². The van der Waals surface area contributed by atoms with Crippen LogP contribution in [0.5, 0.6) is 17.2 Å². The van der Waals surface area contributed by atoms with Crippen LogP contribution in [0.4, 0.5) is 5.69 Å². The first-order valence-electron chi connectivity index (χ1n) is 10.6. The summed E-state index contributed by atoms with van der Waals surface area (Å²) in [6.07, 6.45) is 3.39. The molecule has 0 fully saturated rings. The van der Waals surface area contributed by atoms with Gasteiger partial charge in [0.1, 0.15) is 18.1 Å². The van der Waals surface area contributed by atoms with Crippen LogP contribution in [0.25, 0.3) is 11.4 Å². The number of aromatic nitrogens is 2. The van der Waals surface area contributed by atoms with E-state index >= 15 is 0 Å². The molecule has 0 aliphatic carbocycles. The molecule has 0 atom stereocenters. The lowest BCUT2D eigenvalue weighted by atomic mass is 10.2. The summed E-state index contributed by atoms with van der Waals surface area (Å²) in [5.74, 6) is 1.41. The number of hydrogen-bond donors (Lipinski definition) is 1. The molecule has 9 heteroatoms. The summed E-state index contributed by atoms with van der Waals surface area (Å²) in [5, 5.41) is 20.3. The van der Waals surface area contributed by atoms with Crippen molar-refractivity contribution in [2.75, 3.05) is 32.5 Å². The van der Waals surface area contributed by atoms with Crippen molar-refractivity contribution in [1.82, 2.24) is 14.0 Å². The van der Waals surface area contributed by atoms with Crippen molar-refractivity contribution in [3.8, 4) is 28.6 Å². The molecule has 1 N–H and O–H groups in total. The van der Waals surface area contributed by atoms with E-state index < -0.39 is 0 Å². The van der Waals surface area contributed by atoms with Crippen LogP contribution in [0.15, 0.2) is 90.0 Å². The standard InChI is InChI=1S/C25H25N4O5/c1-26(2)17-18-33-21-11-7-19(8-12-21)27-15-16-28(25(27)30)20-9-13-22(14-10-20)34-24-6-4-3-5-23(24)29(31)32/h3-16,31H,17-18H2,1-2H3/q-1. The quantitative estimate of drug-likeness (QED) is 0.376. The molecule has 9 nitrogen and oxygen atoms in total. The maximum atomic E-state index is 13.0. The number of ether oxygens (including phenoxy) is 2. The third-order valence-electron chi connectivity index (χ3n) is 5.11. The van der Waals surface area contributed by atoms with Crippen molar-refractivity contribution in [2.24, 2.45) is 0 Å². The fourth-order valence-electron chi connectivity index (χ4n) is 3.32. The molecular weight excluding hydrogens is 436 g/mol. The zero-order valence-electron chi connectivity index (χ0n) is 18.9. The number of likely N-dealkylation sites (N-methyl/N-ethyl adjacent to an activating group) is 1. The maximum absolute atomic E-state index is 13.0. The average Bonchev–Trinajstić information content (AvgIpc) is 3.21. The van der Waals surface area contributed by atoms with E-state index in [1.807, 2.05) is 43.3 Å². The molecule has 0 aliphatic heterocycles. The van der Waals surface area contributed by atoms with E-state index in [9.17, 15) is 15.2 Å². The molecule has 0 spiro atoms. The maximum Gasteiger partial charge on any atom is 0.337 e. The van der Waals surface area contributed by atoms with Gasteiger partial charge in [0.25, 0.3) is 0 Å². The molecule has 0 radical (unpaired) electrons. The minimum absolute atomic E-state index is 0.00556. The molecule has 3 aromatic carbocycles. The summed E-state index contributed by atoms with van der Waals surface area (Å²) in [6.45, 7) is 1.40. The van der Waals surface area contributed by atoms with Crippen LogP contribution in [-0.2, 0) is 0 Å². The minimum Gasteiger partial charge on any atom is -0.733 e. The summed E-state index contributed by atoms with van der Waals surface area (Å²) >= 11 is 0. The van der Waals surface area contributed by atoms with E-state index in [0.29, 0.717) is 18.0 Å². The van der Waals surface area contributed by atoms with E-state index in [2.05, 4.69) is 0 Å². The summed E-state index contributed by atoms with van der Waals surface area (Å²) in [6, 6.07) is 20.5. The summed E-state index contributed by atoms with van der Waals surface area (Å²) in [7, 11) is 3.98. The Hall–Kier alpha value is -4.05. The SMILES string of the molecule is CN(C)CCOc1ccc(-n2ccn(-c3ccc(Oc4ccccc4N([O-])O)cc3)c2=O)cc1. The molecule has 4 rings (SSSR count). The second-order valence-corrected chi connectivity index (χ2v) is 7.80. The molecule has 0 saturated heterocycles. The Labute approximate surface area is 196 Å². The summed E-state index contributed by atoms with van der Waals surface area (Å²) in [4.78, 5) is 15.0. The van der Waals surface area contributed by atoms with Gasteiger partial charge in [-0.15, -0.1) is 0 Å². The van der Waals surface area contributed by atoms with Crippen LogP contribution in [0.1, 0.15) is 0 Å². The van der Waals surface area contributed by atoms with Crippen molar-refractivity contribution in [1.29, 1.82) is 0 Å². The van der Waals surface area contributed by atoms with Crippen LogP contribution >= 0.6 is 0 Å². The van der Waals surface area contributed by atoms with Crippen molar-refractivity contribution in [3.63, 3.8) is 0 Å². The Balaban J connectivity index is 1.48. The summed E-state index contributed by atoms with van der Waals surface area (Å²) in [5.41, 5.74) is 1.16. The van der Waals surface area contributed by atoms with Gasteiger partial charge >= 0.3 is 5.69 Å². The Morgan fingerprint density at radius 2 is 1.41 bits per heavy atom. The highest BCUT2D eigenvalue weighted by atomic mass is 16.8. The monoisotopic (exact) mass is 461 g/mol. The van der Waals surface area contributed by atoms with Gasteiger partial charge in [-0.2, -0.15) is 0 Å². The highest BCUT2D eigenvalue weighted by molar-refractivity contribution is 5.58. The van der Waals surface area contributed by atoms with Gasteiger partial charge in [0, 0.05) is 18.9 Å². The van der Waals surface area contributed by atoms with E-state index in [1.165, 1.54) is 10.6 Å². The Kier molecular flexibility index (Phi) is 6.98. The van der Waals surface area contributed by atoms with Crippen LogP contribution in [0, 0.1) is 5.21 Å². The Morgan fingerprint density at radius 3 is 1.97 bits per heavy atom. The highest BCUT2D eigenvalue weighted by Crippen LogP contribution is 2.31. The highest BCUT2D eigenvalue weighted by Gasteiger charge is 2.09. The topological polar surface area (TPSA) is 95.2 Å². The van der Waals surface area contributed by atoms with Gasteiger partial charge in [-0.05, 0) is 74.8 Å². The molecule has 0 aliphatic rings. The molecule has 1 heterocycles. The van der Waals surface area contributed by atoms with E-state index in [1.54, 1.807) is 59.4 Å². The average molecular weight is 461 g/mol. The lowest BCUT2D eigenvalue weighted by Gasteiger charge is -2.24. The van der Waals surface area contributed by atoms with Crippen LogP contribution in [0.2, 0.25) is 0 Å². The Bertz CT molecular complexity index is 1280. The molecular formula is C25H25N4O5-. The van der Waals surface area contributed by atoms with Crippen LogP contribution in [-0.4, -0.2) is 46.5 Å². The van der Waals surface area contributed by atoms with Gasteiger partial charge in [0.05, 0.1) is 17.1 Å². The number of rotatable bonds is 9. The molecule has 0 bridgehead atoms. The number of imidazole rings is 1. The zero-order chi connectivity index (χ0) is 24.1. The second kappa shape index (κ2) is 10.3. The van der Waals surface area contributed by atoms with Gasteiger partial charge in [-0.3, -0.25) is 14.3 Å². The third kappa shape index (κ3) is 5.29. The first-order valence-corrected chi connectivity index (χ1v) is 10.6. The first kappa shape index (κ1) is 23.1. The zero-order valence-corrected chi connectivity index (χ0v) is 18.9. The minimum atomic E-state index is -0.242. The molecule has 0 amide bonds. The fraction of sp³-hybridized carbons (Fsp3) is 0.160. The van der Waals surface area contributed by atoms with E-state index in [-0.39, 0.29) is 22.4 Å². The predicted molar refractivity (Wildman–Crippen MR) is 130 cm³/mol. The molecule has 34 heavy (non-hydrogen) atoms. The van der Waals surface area contributed by atoms with Crippen molar-refractivity contribution in [3.05, 3.63) is 101 Å². The molecule has 0 unspecified atom stereocenters. The van der Waals surface area contributed by atoms with Crippen LogP contribution < -0.4 is 20.4 Å². The normalized spacial score (nSPS) is 11.0. The van der Waals surface area contributed by atoms with Crippen molar-refractivity contribution in [2.45, 2.75) is 0 Å². The molecule has 176 valence electrons. The van der Waals surface area contributed by atoms with Crippen molar-refractivity contribution >= 4 is 5.69 Å². The van der Waals surface area contributed by atoms with Gasteiger partial charge in [-0.1, -0.05) is 12.1 Å². The second-order valence-electron chi connectivity index (χ2n) is 7.80. The Morgan fingerprint density at radius 1 is 0.853 bits per heavy atom. The lowest BCUT2D eigenvalue weighted by Crippen LogP contribution is -2.21. The number of anilines is 1. The van der Waals surface area contributed by atoms with Crippen molar-refractivity contribution < 1.29 is 14.7 Å². The lowest BCUT2D eigenvalue weighted by molar-refractivity contribution is 0.261. The smallest absolute Gasteiger partial charge is 0.337 e. The molecule has 4 aromatic rings.